The predicted octanol–water partition coefficient (Wildman–Crippen LogP) is 0.913. The number of thioether (sulfide) groups is 1. The summed E-state index contributed by atoms with van der Waals surface area (Å²) in [6.45, 7) is 0.0934. The van der Waals surface area contributed by atoms with Crippen LogP contribution in [0.5, 0.6) is 0 Å². The van der Waals surface area contributed by atoms with Crippen molar-refractivity contribution in [3.05, 3.63) is 0 Å². The topological polar surface area (TPSA) is 49.3 Å². The van der Waals surface area contributed by atoms with Crippen LogP contribution in [0.4, 0.5) is 0 Å². The smallest absolute Gasteiger partial charge is 0.233 e. The molecule has 4 heteroatoms. The highest BCUT2D eigenvalue weighted by Crippen LogP contribution is 2.33. The van der Waals surface area contributed by atoms with Crippen LogP contribution in [-0.2, 0) is 4.79 Å². The number of carbonyl (C=O) groups excluding carboxylic acids is 1. The Kier molecular flexibility index (Phi) is 3.02. The van der Waals surface area contributed by atoms with Gasteiger partial charge in [0.05, 0.1) is 17.4 Å². The molecular formula is C10H17NO2S. The number of aliphatic hydroxyl groups excluding tert-OH is 1. The highest BCUT2D eigenvalue weighted by Gasteiger charge is 2.39. The van der Waals surface area contributed by atoms with Gasteiger partial charge in [-0.25, -0.2) is 0 Å². The average molecular weight is 215 g/mol. The third-order valence-corrected chi connectivity index (χ3v) is 4.60. The van der Waals surface area contributed by atoms with Crippen molar-refractivity contribution < 1.29 is 9.90 Å². The van der Waals surface area contributed by atoms with E-state index in [1.807, 2.05) is 0 Å². The van der Waals surface area contributed by atoms with Crippen molar-refractivity contribution in [1.29, 1.82) is 0 Å². The van der Waals surface area contributed by atoms with Gasteiger partial charge >= 0.3 is 0 Å². The molecule has 2 aliphatic rings. The number of hydrogen-bond acceptors (Lipinski definition) is 3. The molecule has 1 atom stereocenters. The molecule has 1 amide bonds. The van der Waals surface area contributed by atoms with E-state index in [1.165, 1.54) is 0 Å². The van der Waals surface area contributed by atoms with E-state index in [2.05, 4.69) is 5.32 Å². The summed E-state index contributed by atoms with van der Waals surface area (Å²) in [6.07, 6.45) is 5.14. The van der Waals surface area contributed by atoms with E-state index in [0.29, 0.717) is 0 Å². The first-order chi connectivity index (χ1) is 6.76. The summed E-state index contributed by atoms with van der Waals surface area (Å²) < 4.78 is 0. The van der Waals surface area contributed by atoms with Crippen molar-refractivity contribution in [2.75, 3.05) is 12.4 Å². The first-order valence-electron chi connectivity index (χ1n) is 5.30. The summed E-state index contributed by atoms with van der Waals surface area (Å²) in [6, 6.07) is 0. The Bertz CT molecular complexity index is 217. The fourth-order valence-corrected chi connectivity index (χ4v) is 3.21. The van der Waals surface area contributed by atoms with Crippen LogP contribution in [0.15, 0.2) is 0 Å². The molecule has 14 heavy (non-hydrogen) atoms. The monoisotopic (exact) mass is 215 g/mol. The maximum atomic E-state index is 11.8. The largest absolute Gasteiger partial charge is 0.394 e. The SMILES string of the molecule is O=C(NC1(CO)CCC1)C1CCCS1. The van der Waals surface area contributed by atoms with Crippen molar-refractivity contribution in [2.24, 2.45) is 0 Å². The van der Waals surface area contributed by atoms with Crippen LogP contribution >= 0.6 is 11.8 Å². The zero-order valence-electron chi connectivity index (χ0n) is 8.29. The lowest BCUT2D eigenvalue weighted by molar-refractivity contribution is -0.124. The molecule has 1 heterocycles. The Morgan fingerprint density at radius 1 is 1.50 bits per heavy atom. The standard InChI is InChI=1S/C10H17NO2S/c12-7-10(4-2-5-10)11-9(13)8-3-1-6-14-8/h8,12H,1-7H2,(H,11,13). The number of aliphatic hydroxyl groups is 1. The predicted molar refractivity (Wildman–Crippen MR) is 57.3 cm³/mol. The summed E-state index contributed by atoms with van der Waals surface area (Å²) in [5.74, 6) is 1.24. The number of amides is 1. The van der Waals surface area contributed by atoms with E-state index < -0.39 is 0 Å². The molecule has 0 aromatic carbocycles. The summed E-state index contributed by atoms with van der Waals surface area (Å²) in [5, 5.41) is 12.4. The van der Waals surface area contributed by atoms with E-state index in [0.717, 1.165) is 37.9 Å². The molecule has 1 unspecified atom stereocenters. The van der Waals surface area contributed by atoms with E-state index in [9.17, 15) is 9.90 Å². The minimum Gasteiger partial charge on any atom is -0.394 e. The molecule has 1 aliphatic carbocycles. The van der Waals surface area contributed by atoms with Crippen LogP contribution in [-0.4, -0.2) is 34.2 Å². The van der Waals surface area contributed by atoms with Crippen molar-refractivity contribution >= 4 is 17.7 Å². The van der Waals surface area contributed by atoms with Gasteiger partial charge in [0.1, 0.15) is 0 Å². The van der Waals surface area contributed by atoms with E-state index in [4.69, 9.17) is 0 Å². The average Bonchev–Trinajstić information content (AvgIpc) is 2.63. The summed E-state index contributed by atoms with van der Waals surface area (Å²) >= 11 is 1.74. The molecule has 2 N–H and O–H groups in total. The van der Waals surface area contributed by atoms with Crippen LogP contribution in [0.3, 0.4) is 0 Å². The van der Waals surface area contributed by atoms with Gasteiger partial charge < -0.3 is 10.4 Å². The summed E-state index contributed by atoms with van der Waals surface area (Å²) in [4.78, 5) is 11.8. The molecule has 1 saturated carbocycles. The molecule has 0 aromatic rings. The van der Waals surface area contributed by atoms with Gasteiger partial charge in [-0.2, -0.15) is 0 Å². The van der Waals surface area contributed by atoms with Crippen molar-refractivity contribution in [1.82, 2.24) is 5.32 Å². The van der Waals surface area contributed by atoms with E-state index in [1.54, 1.807) is 11.8 Å². The molecule has 3 nitrogen and oxygen atoms in total. The van der Waals surface area contributed by atoms with Crippen LogP contribution < -0.4 is 5.32 Å². The second-order valence-electron chi connectivity index (χ2n) is 4.28. The van der Waals surface area contributed by atoms with Crippen LogP contribution in [0.25, 0.3) is 0 Å². The molecule has 0 radical (unpaired) electrons. The van der Waals surface area contributed by atoms with Crippen molar-refractivity contribution in [2.45, 2.75) is 42.9 Å². The fourth-order valence-electron chi connectivity index (χ4n) is 2.05. The van der Waals surface area contributed by atoms with Gasteiger partial charge in [0.2, 0.25) is 5.91 Å². The minimum absolute atomic E-state index is 0.0934. The van der Waals surface area contributed by atoms with Gasteiger partial charge in [-0.1, -0.05) is 0 Å². The van der Waals surface area contributed by atoms with Crippen LogP contribution in [0.2, 0.25) is 0 Å². The second kappa shape index (κ2) is 4.11. The fraction of sp³-hybridized carbons (Fsp3) is 0.900. The third-order valence-electron chi connectivity index (χ3n) is 3.22. The number of hydrogen-bond donors (Lipinski definition) is 2. The minimum atomic E-state index is -0.264. The molecule has 1 saturated heterocycles. The Labute approximate surface area is 88.6 Å². The van der Waals surface area contributed by atoms with Crippen molar-refractivity contribution in [3.8, 4) is 0 Å². The molecule has 0 bridgehead atoms. The number of nitrogens with one attached hydrogen (secondary N) is 1. The molecule has 2 rings (SSSR count). The molecule has 0 spiro atoms. The van der Waals surface area contributed by atoms with Gasteiger partial charge in [-0.15, -0.1) is 11.8 Å². The third kappa shape index (κ3) is 1.91. The van der Waals surface area contributed by atoms with Crippen LogP contribution in [0, 0.1) is 0 Å². The highest BCUT2D eigenvalue weighted by molar-refractivity contribution is 8.00. The Balaban J connectivity index is 1.86. The number of rotatable bonds is 3. The van der Waals surface area contributed by atoms with E-state index >= 15 is 0 Å². The normalized spacial score (nSPS) is 29.6. The number of carbonyl (C=O) groups is 1. The van der Waals surface area contributed by atoms with Crippen LogP contribution in [0.1, 0.15) is 32.1 Å². The lowest BCUT2D eigenvalue weighted by Gasteiger charge is -2.41. The lowest BCUT2D eigenvalue weighted by Crippen LogP contribution is -2.57. The maximum absolute atomic E-state index is 11.8. The Morgan fingerprint density at radius 2 is 2.29 bits per heavy atom. The van der Waals surface area contributed by atoms with E-state index in [-0.39, 0.29) is 23.3 Å². The molecule has 2 fully saturated rings. The lowest BCUT2D eigenvalue weighted by atomic mass is 9.77. The first-order valence-corrected chi connectivity index (χ1v) is 6.35. The first kappa shape index (κ1) is 10.3. The Hall–Kier alpha value is -0.220. The van der Waals surface area contributed by atoms with Gasteiger partial charge in [0, 0.05) is 0 Å². The van der Waals surface area contributed by atoms with Gasteiger partial charge in [-0.05, 0) is 37.9 Å². The highest BCUT2D eigenvalue weighted by atomic mass is 32.2. The second-order valence-corrected chi connectivity index (χ2v) is 5.59. The quantitative estimate of drug-likeness (QED) is 0.736. The summed E-state index contributed by atoms with van der Waals surface area (Å²) in [7, 11) is 0. The van der Waals surface area contributed by atoms with Gasteiger partial charge in [0.25, 0.3) is 0 Å². The van der Waals surface area contributed by atoms with Crippen molar-refractivity contribution in [3.63, 3.8) is 0 Å². The zero-order chi connectivity index (χ0) is 10.0. The molecule has 80 valence electrons. The Morgan fingerprint density at radius 3 is 2.71 bits per heavy atom. The maximum Gasteiger partial charge on any atom is 0.233 e. The summed E-state index contributed by atoms with van der Waals surface area (Å²) in [5.41, 5.74) is -0.264. The van der Waals surface area contributed by atoms with Gasteiger partial charge in [-0.3, -0.25) is 4.79 Å². The molecular weight excluding hydrogens is 198 g/mol. The molecule has 0 aromatic heterocycles. The molecule has 1 aliphatic heterocycles. The zero-order valence-corrected chi connectivity index (χ0v) is 9.11. The van der Waals surface area contributed by atoms with Gasteiger partial charge in [0.15, 0.2) is 0 Å².